The van der Waals surface area contributed by atoms with Crippen LogP contribution in [0.25, 0.3) is 6.08 Å². The van der Waals surface area contributed by atoms with E-state index in [1.807, 2.05) is 17.0 Å². The Balaban J connectivity index is 1.40. The summed E-state index contributed by atoms with van der Waals surface area (Å²) in [5.74, 6) is 0.481. The van der Waals surface area contributed by atoms with E-state index in [0.29, 0.717) is 17.1 Å². The molecule has 2 amide bonds. The van der Waals surface area contributed by atoms with Crippen molar-refractivity contribution in [3.05, 3.63) is 40.9 Å². The van der Waals surface area contributed by atoms with E-state index in [2.05, 4.69) is 24.2 Å². The number of carbonyl (C=O) groups is 2. The molecule has 0 bridgehead atoms. The van der Waals surface area contributed by atoms with E-state index < -0.39 is 0 Å². The minimum atomic E-state index is -0.274. The van der Waals surface area contributed by atoms with Crippen molar-refractivity contribution in [2.75, 3.05) is 26.7 Å². The number of hydrogen-bond acceptors (Lipinski definition) is 3. The molecular formula is C24H34ClN3O2. The molecule has 2 atom stereocenters. The lowest BCUT2D eigenvalue weighted by Gasteiger charge is -2.44. The molecule has 2 fully saturated rings. The normalized spacial score (nSPS) is 23.1. The van der Waals surface area contributed by atoms with Crippen LogP contribution in [0, 0.1) is 5.92 Å². The molecule has 3 rings (SSSR count). The minimum Gasteiger partial charge on any atom is -0.343 e. The number of likely N-dealkylation sites (tertiary alicyclic amines) is 1. The van der Waals surface area contributed by atoms with Gasteiger partial charge >= 0.3 is 0 Å². The molecule has 164 valence electrons. The zero-order chi connectivity index (χ0) is 21.5. The molecule has 6 heteroatoms. The predicted octanol–water partition coefficient (Wildman–Crippen LogP) is 3.97. The van der Waals surface area contributed by atoms with E-state index in [4.69, 9.17) is 11.6 Å². The van der Waals surface area contributed by atoms with Gasteiger partial charge in [-0.2, -0.15) is 0 Å². The zero-order valence-electron chi connectivity index (χ0n) is 18.1. The Kier molecular flexibility index (Phi) is 8.34. The van der Waals surface area contributed by atoms with Crippen molar-refractivity contribution in [2.45, 2.75) is 57.5 Å². The maximum Gasteiger partial charge on any atom is 0.244 e. The number of benzene rings is 1. The standard InChI is InChI=1S/C24H34ClN3O2/c1-18-6-3-4-9-22(18)27(2)21-12-14-28(15-13-21)24(30)17-26-23(29)11-10-19-7-5-8-20(25)16-19/h5,7-8,10-11,16,18,21-22H,3-4,6,9,12-15,17H2,1-2H3,(H,26,29)/b11-10+/t18-,22+/m1/s1. The van der Waals surface area contributed by atoms with Crippen LogP contribution in [0.3, 0.4) is 0 Å². The van der Waals surface area contributed by atoms with Crippen LogP contribution >= 0.6 is 11.6 Å². The lowest BCUT2D eigenvalue weighted by molar-refractivity contribution is -0.133. The van der Waals surface area contributed by atoms with Gasteiger partial charge < -0.3 is 15.1 Å². The second-order valence-corrected chi connectivity index (χ2v) is 9.15. The maximum atomic E-state index is 12.5. The summed E-state index contributed by atoms with van der Waals surface area (Å²) in [7, 11) is 2.26. The van der Waals surface area contributed by atoms with Gasteiger partial charge in [-0.25, -0.2) is 0 Å². The van der Waals surface area contributed by atoms with E-state index >= 15 is 0 Å². The van der Waals surface area contributed by atoms with Crippen LogP contribution in [-0.4, -0.2) is 60.4 Å². The smallest absolute Gasteiger partial charge is 0.244 e. The zero-order valence-corrected chi connectivity index (χ0v) is 18.9. The van der Waals surface area contributed by atoms with Crippen molar-refractivity contribution in [3.63, 3.8) is 0 Å². The highest BCUT2D eigenvalue weighted by molar-refractivity contribution is 6.30. The van der Waals surface area contributed by atoms with E-state index in [0.717, 1.165) is 37.4 Å². The number of carbonyl (C=O) groups excluding carboxylic acids is 2. The molecule has 0 spiro atoms. The highest BCUT2D eigenvalue weighted by Gasteiger charge is 2.32. The largest absolute Gasteiger partial charge is 0.343 e. The predicted molar refractivity (Wildman–Crippen MR) is 122 cm³/mol. The van der Waals surface area contributed by atoms with Crippen LogP contribution in [0.4, 0.5) is 0 Å². The number of hydrogen-bond donors (Lipinski definition) is 1. The third-order valence-corrected chi connectivity index (χ3v) is 6.91. The molecule has 0 aromatic heterocycles. The Bertz CT molecular complexity index is 759. The summed E-state index contributed by atoms with van der Waals surface area (Å²) in [6.07, 6.45) is 10.5. The van der Waals surface area contributed by atoms with E-state index in [9.17, 15) is 9.59 Å². The molecule has 1 saturated carbocycles. The second kappa shape index (κ2) is 11.0. The summed E-state index contributed by atoms with van der Waals surface area (Å²) in [5, 5.41) is 3.32. The van der Waals surface area contributed by atoms with E-state index in [1.165, 1.54) is 31.8 Å². The van der Waals surface area contributed by atoms with Gasteiger partial charge in [-0.05, 0) is 62.4 Å². The van der Waals surface area contributed by atoms with E-state index in [1.54, 1.807) is 18.2 Å². The first-order valence-electron chi connectivity index (χ1n) is 11.1. The number of rotatable bonds is 6. The Labute approximate surface area is 185 Å². The van der Waals surface area contributed by atoms with Gasteiger partial charge in [-0.15, -0.1) is 0 Å². The average molecular weight is 432 g/mol. The van der Waals surface area contributed by atoms with E-state index in [-0.39, 0.29) is 18.4 Å². The van der Waals surface area contributed by atoms with Crippen LogP contribution in [0.2, 0.25) is 5.02 Å². The number of amides is 2. The van der Waals surface area contributed by atoms with Gasteiger partial charge in [0.2, 0.25) is 11.8 Å². The first-order valence-corrected chi connectivity index (χ1v) is 11.5. The molecule has 0 radical (unpaired) electrons. The molecule has 30 heavy (non-hydrogen) atoms. The van der Waals surface area contributed by atoms with Crippen molar-refractivity contribution in [3.8, 4) is 0 Å². The van der Waals surface area contributed by atoms with Gasteiger partial charge in [0.15, 0.2) is 0 Å². The molecule has 5 nitrogen and oxygen atoms in total. The van der Waals surface area contributed by atoms with Gasteiger partial charge in [0.1, 0.15) is 0 Å². The molecular weight excluding hydrogens is 398 g/mol. The summed E-state index contributed by atoms with van der Waals surface area (Å²) in [6, 6.07) is 8.50. The molecule has 0 unspecified atom stereocenters. The molecule has 1 aliphatic carbocycles. The van der Waals surface area contributed by atoms with Crippen molar-refractivity contribution >= 4 is 29.5 Å². The summed E-state index contributed by atoms with van der Waals surface area (Å²) in [5.41, 5.74) is 0.849. The monoisotopic (exact) mass is 431 g/mol. The molecule has 1 aromatic carbocycles. The van der Waals surface area contributed by atoms with Crippen LogP contribution in [-0.2, 0) is 9.59 Å². The Morgan fingerprint density at radius 2 is 1.93 bits per heavy atom. The van der Waals surface area contributed by atoms with Crippen molar-refractivity contribution in [1.82, 2.24) is 15.1 Å². The fourth-order valence-corrected chi connectivity index (χ4v) is 5.01. The minimum absolute atomic E-state index is 0.00774. The van der Waals surface area contributed by atoms with Gasteiger partial charge in [0, 0.05) is 36.3 Å². The van der Waals surface area contributed by atoms with Crippen LogP contribution in [0.5, 0.6) is 0 Å². The highest BCUT2D eigenvalue weighted by atomic mass is 35.5. The second-order valence-electron chi connectivity index (χ2n) is 8.71. The molecule has 1 heterocycles. The van der Waals surface area contributed by atoms with Crippen LogP contribution in [0.15, 0.2) is 30.3 Å². The summed E-state index contributed by atoms with van der Waals surface area (Å²) in [4.78, 5) is 29.0. The molecule has 2 aliphatic rings. The molecule has 1 N–H and O–H groups in total. The Hall–Kier alpha value is -1.85. The first kappa shape index (κ1) is 22.8. The SMILES string of the molecule is C[C@@H]1CCCC[C@@H]1N(C)C1CCN(C(=O)CNC(=O)/C=C/c2cccc(Cl)c2)CC1. The number of nitrogens with one attached hydrogen (secondary N) is 1. The van der Waals surface area contributed by atoms with Crippen molar-refractivity contribution < 1.29 is 9.59 Å². The van der Waals surface area contributed by atoms with Gasteiger partial charge in [-0.3, -0.25) is 9.59 Å². The lowest BCUT2D eigenvalue weighted by Crippen LogP contribution is -2.51. The van der Waals surface area contributed by atoms with Crippen molar-refractivity contribution in [1.29, 1.82) is 0 Å². The number of nitrogens with zero attached hydrogens (tertiary/aromatic N) is 2. The summed E-state index contributed by atoms with van der Waals surface area (Å²) < 4.78 is 0. The molecule has 1 saturated heterocycles. The maximum absolute atomic E-state index is 12.5. The quantitative estimate of drug-likeness (QED) is 0.693. The molecule has 1 aliphatic heterocycles. The summed E-state index contributed by atoms with van der Waals surface area (Å²) >= 11 is 5.94. The third-order valence-electron chi connectivity index (χ3n) is 6.67. The fourth-order valence-electron chi connectivity index (χ4n) is 4.81. The molecule has 1 aromatic rings. The average Bonchev–Trinajstić information content (AvgIpc) is 2.76. The topological polar surface area (TPSA) is 52.6 Å². The van der Waals surface area contributed by atoms with Crippen LogP contribution in [0.1, 0.15) is 51.0 Å². The Morgan fingerprint density at radius 1 is 1.20 bits per heavy atom. The highest BCUT2D eigenvalue weighted by Crippen LogP contribution is 2.30. The number of halogens is 1. The lowest BCUT2D eigenvalue weighted by atomic mass is 9.84. The summed E-state index contributed by atoms with van der Waals surface area (Å²) in [6.45, 7) is 3.95. The van der Waals surface area contributed by atoms with Crippen LogP contribution < -0.4 is 5.32 Å². The van der Waals surface area contributed by atoms with Crippen molar-refractivity contribution in [2.24, 2.45) is 5.92 Å². The fraction of sp³-hybridized carbons (Fsp3) is 0.583. The van der Waals surface area contributed by atoms with Gasteiger partial charge in [-0.1, -0.05) is 43.5 Å². The number of piperidine rings is 1. The van der Waals surface area contributed by atoms with Gasteiger partial charge in [0.05, 0.1) is 6.54 Å². The van der Waals surface area contributed by atoms with Gasteiger partial charge in [0.25, 0.3) is 0 Å². The Morgan fingerprint density at radius 3 is 2.63 bits per heavy atom. The first-order chi connectivity index (χ1) is 14.4. The third kappa shape index (κ3) is 6.32.